The number of hydrogen-bond donors (Lipinski definition) is 0. The number of aromatic nitrogens is 2. The second kappa shape index (κ2) is 13.3. The van der Waals surface area contributed by atoms with Gasteiger partial charge in [0.2, 0.25) is 0 Å². The van der Waals surface area contributed by atoms with E-state index in [4.69, 9.17) is 15.0 Å². The summed E-state index contributed by atoms with van der Waals surface area (Å²) in [5, 5.41) is 0. The van der Waals surface area contributed by atoms with Crippen molar-refractivity contribution in [2.75, 3.05) is 0 Å². The Labute approximate surface area is 281 Å². The van der Waals surface area contributed by atoms with E-state index in [1.165, 1.54) is 16.7 Å². The van der Waals surface area contributed by atoms with Crippen LogP contribution in [0, 0.1) is 0 Å². The molecule has 0 fully saturated rings. The van der Waals surface area contributed by atoms with Crippen molar-refractivity contribution in [2.24, 2.45) is 4.99 Å². The molecule has 2 aromatic heterocycles. The molecule has 7 aromatic rings. The van der Waals surface area contributed by atoms with Crippen molar-refractivity contribution < 1.29 is 0 Å². The molecule has 0 bridgehead atoms. The van der Waals surface area contributed by atoms with E-state index in [2.05, 4.69) is 152 Å². The molecule has 1 unspecified atom stereocenters. The summed E-state index contributed by atoms with van der Waals surface area (Å²) in [5.74, 6) is 0. The van der Waals surface area contributed by atoms with Gasteiger partial charge in [-0.3, -0.25) is 9.98 Å². The molecule has 228 valence electrons. The molecule has 0 amide bonds. The number of benzene rings is 5. The van der Waals surface area contributed by atoms with Crippen LogP contribution >= 0.6 is 0 Å². The number of aliphatic imine (C=N–C) groups is 1. The second-order valence-corrected chi connectivity index (χ2v) is 12.1. The van der Waals surface area contributed by atoms with Crippen molar-refractivity contribution in [3.05, 3.63) is 187 Å². The van der Waals surface area contributed by atoms with Crippen LogP contribution in [0.2, 0.25) is 0 Å². The Morgan fingerprint density at radius 2 is 0.938 bits per heavy atom. The zero-order chi connectivity index (χ0) is 32.1. The molecule has 5 aromatic carbocycles. The van der Waals surface area contributed by atoms with Crippen LogP contribution in [0.4, 0.5) is 0 Å². The first-order valence-electron chi connectivity index (χ1n) is 16.3. The standard InChI is InChI=1S/C45H33N3/c1-5-13-32(14-6-1)36-21-23-46-42(28-36)40-25-38(26-41(27-40)43-29-37(22-24-47-43)33-15-7-2-8-16-33)39-30-44(34-17-9-3-10-18-34)48-45(31-39)35-19-11-4-12-20-35/h1-28,30-31,43H,29H2. The summed E-state index contributed by atoms with van der Waals surface area (Å²) in [4.78, 5) is 15.0. The maximum absolute atomic E-state index is 5.14. The van der Waals surface area contributed by atoms with Crippen LogP contribution in [0.15, 0.2) is 181 Å². The van der Waals surface area contributed by atoms with Gasteiger partial charge >= 0.3 is 0 Å². The van der Waals surface area contributed by atoms with Crippen LogP contribution < -0.4 is 0 Å². The third-order valence-corrected chi connectivity index (χ3v) is 8.90. The molecule has 1 aliphatic rings. The first-order chi connectivity index (χ1) is 23.8. The van der Waals surface area contributed by atoms with E-state index in [1.807, 2.05) is 30.6 Å². The zero-order valence-electron chi connectivity index (χ0n) is 26.4. The van der Waals surface area contributed by atoms with E-state index < -0.39 is 0 Å². The highest BCUT2D eigenvalue weighted by Gasteiger charge is 2.19. The molecule has 0 saturated carbocycles. The number of pyridine rings is 2. The van der Waals surface area contributed by atoms with Crippen molar-refractivity contribution in [3.8, 4) is 56.0 Å². The number of allylic oxidation sites excluding steroid dienone is 1. The van der Waals surface area contributed by atoms with Crippen LogP contribution in [0.1, 0.15) is 23.6 Å². The summed E-state index contributed by atoms with van der Waals surface area (Å²) < 4.78 is 0. The van der Waals surface area contributed by atoms with Gasteiger partial charge in [-0.2, -0.15) is 0 Å². The number of nitrogens with zero attached hydrogens (tertiary/aromatic N) is 3. The van der Waals surface area contributed by atoms with Crippen molar-refractivity contribution in [2.45, 2.75) is 12.5 Å². The Kier molecular flexibility index (Phi) is 8.08. The lowest BCUT2D eigenvalue weighted by atomic mass is 9.89. The largest absolute Gasteiger partial charge is 0.285 e. The quantitative estimate of drug-likeness (QED) is 0.179. The van der Waals surface area contributed by atoms with Crippen LogP contribution in [0.5, 0.6) is 0 Å². The van der Waals surface area contributed by atoms with Gasteiger partial charge in [-0.05, 0) is 93.9 Å². The maximum Gasteiger partial charge on any atom is 0.0789 e. The van der Waals surface area contributed by atoms with E-state index >= 15 is 0 Å². The average molecular weight is 616 g/mol. The molecular formula is C45H33N3. The summed E-state index contributed by atoms with van der Waals surface area (Å²) in [6.07, 6.45) is 6.83. The van der Waals surface area contributed by atoms with Gasteiger partial charge in [-0.25, -0.2) is 4.98 Å². The van der Waals surface area contributed by atoms with Gasteiger partial charge < -0.3 is 0 Å². The minimum atomic E-state index is -0.0229. The molecule has 3 heterocycles. The Hall–Kier alpha value is -6.19. The summed E-state index contributed by atoms with van der Waals surface area (Å²) in [7, 11) is 0. The van der Waals surface area contributed by atoms with Crippen LogP contribution in [0.25, 0.3) is 61.6 Å². The van der Waals surface area contributed by atoms with Gasteiger partial charge in [0.15, 0.2) is 0 Å². The lowest BCUT2D eigenvalue weighted by Gasteiger charge is -2.21. The molecule has 0 saturated heterocycles. The Bertz CT molecular complexity index is 2180. The number of rotatable bonds is 7. The first-order valence-corrected chi connectivity index (χ1v) is 16.3. The lowest BCUT2D eigenvalue weighted by molar-refractivity contribution is 0.752. The fraction of sp³-hybridized carbons (Fsp3) is 0.0444. The normalized spacial score (nSPS) is 14.0. The summed E-state index contributed by atoms with van der Waals surface area (Å²) in [5.41, 5.74) is 14.2. The summed E-state index contributed by atoms with van der Waals surface area (Å²) in [6, 6.07) is 57.4. The monoisotopic (exact) mass is 615 g/mol. The molecule has 0 spiro atoms. The molecule has 0 radical (unpaired) electrons. The summed E-state index contributed by atoms with van der Waals surface area (Å²) >= 11 is 0. The molecule has 1 atom stereocenters. The highest BCUT2D eigenvalue weighted by molar-refractivity contribution is 5.87. The van der Waals surface area contributed by atoms with Crippen molar-refractivity contribution >= 4 is 11.8 Å². The van der Waals surface area contributed by atoms with Crippen molar-refractivity contribution in [1.29, 1.82) is 0 Å². The van der Waals surface area contributed by atoms with E-state index in [0.29, 0.717) is 0 Å². The van der Waals surface area contributed by atoms with Gasteiger partial charge in [-0.1, -0.05) is 121 Å². The molecule has 0 N–H and O–H groups in total. The van der Waals surface area contributed by atoms with Gasteiger partial charge in [0.1, 0.15) is 0 Å². The molecule has 3 nitrogen and oxygen atoms in total. The Balaban J connectivity index is 1.29. The highest BCUT2D eigenvalue weighted by atomic mass is 14.8. The van der Waals surface area contributed by atoms with Crippen molar-refractivity contribution in [3.63, 3.8) is 0 Å². The van der Waals surface area contributed by atoms with Crippen LogP contribution in [-0.2, 0) is 0 Å². The van der Waals surface area contributed by atoms with Gasteiger partial charge in [0.25, 0.3) is 0 Å². The number of dihydropyridines is 1. The smallest absolute Gasteiger partial charge is 0.0789 e. The van der Waals surface area contributed by atoms with Gasteiger partial charge in [-0.15, -0.1) is 0 Å². The molecule has 0 aliphatic carbocycles. The molecule has 1 aliphatic heterocycles. The third kappa shape index (κ3) is 6.27. The maximum atomic E-state index is 5.14. The predicted molar refractivity (Wildman–Crippen MR) is 199 cm³/mol. The summed E-state index contributed by atoms with van der Waals surface area (Å²) in [6.45, 7) is 0. The average Bonchev–Trinajstić information content (AvgIpc) is 3.19. The van der Waals surface area contributed by atoms with E-state index in [1.54, 1.807) is 0 Å². The Morgan fingerprint density at radius 1 is 0.417 bits per heavy atom. The van der Waals surface area contributed by atoms with Gasteiger partial charge in [0.05, 0.1) is 23.1 Å². The zero-order valence-corrected chi connectivity index (χ0v) is 26.4. The van der Waals surface area contributed by atoms with E-state index in [-0.39, 0.29) is 6.04 Å². The number of hydrogen-bond acceptors (Lipinski definition) is 3. The van der Waals surface area contributed by atoms with E-state index in [9.17, 15) is 0 Å². The first kappa shape index (κ1) is 29.2. The predicted octanol–water partition coefficient (Wildman–Crippen LogP) is 11.4. The Morgan fingerprint density at radius 3 is 1.56 bits per heavy atom. The van der Waals surface area contributed by atoms with Crippen molar-refractivity contribution in [1.82, 2.24) is 9.97 Å². The van der Waals surface area contributed by atoms with Crippen LogP contribution in [-0.4, -0.2) is 16.2 Å². The minimum absolute atomic E-state index is 0.0229. The molecule has 8 rings (SSSR count). The molecule has 48 heavy (non-hydrogen) atoms. The third-order valence-electron chi connectivity index (χ3n) is 8.90. The second-order valence-electron chi connectivity index (χ2n) is 12.1. The lowest BCUT2D eigenvalue weighted by Crippen LogP contribution is -2.04. The molecule has 3 heteroatoms. The van der Waals surface area contributed by atoms with Crippen LogP contribution in [0.3, 0.4) is 0 Å². The fourth-order valence-corrected chi connectivity index (χ4v) is 6.40. The van der Waals surface area contributed by atoms with Gasteiger partial charge in [0, 0.05) is 29.1 Å². The SMILES string of the molecule is C1=NC(c2cc(-c3cc(-c4ccccc4)nc(-c4ccccc4)c3)cc(-c3cc(-c4ccccc4)ccn3)c2)CC(c2ccccc2)=C1. The van der Waals surface area contributed by atoms with E-state index in [0.717, 1.165) is 62.4 Å². The highest BCUT2D eigenvalue weighted by Crippen LogP contribution is 2.39. The fourth-order valence-electron chi connectivity index (χ4n) is 6.40. The molecular weight excluding hydrogens is 583 g/mol. The minimum Gasteiger partial charge on any atom is -0.285 e. The topological polar surface area (TPSA) is 38.1 Å².